The van der Waals surface area contributed by atoms with E-state index in [0.29, 0.717) is 13.1 Å². The Morgan fingerprint density at radius 3 is 2.65 bits per heavy atom. The summed E-state index contributed by atoms with van der Waals surface area (Å²) in [5.74, 6) is -0.605. The lowest BCUT2D eigenvalue weighted by molar-refractivity contribution is -0.139. The van der Waals surface area contributed by atoms with E-state index in [1.807, 2.05) is 5.32 Å². The van der Waals surface area contributed by atoms with Gasteiger partial charge in [0.2, 0.25) is 5.91 Å². The largest absolute Gasteiger partial charge is 0.405 e. The molecule has 0 unspecified atom stereocenters. The Morgan fingerprint density at radius 2 is 2.12 bits per heavy atom. The second-order valence-corrected chi connectivity index (χ2v) is 4.03. The Morgan fingerprint density at radius 1 is 1.47 bits per heavy atom. The lowest BCUT2D eigenvalue weighted by Crippen LogP contribution is -2.47. The fourth-order valence-electron chi connectivity index (χ4n) is 1.69. The van der Waals surface area contributed by atoms with Gasteiger partial charge in [0, 0.05) is 12.6 Å². The second kappa shape index (κ2) is 7.03. The Kier molecular flexibility index (Phi) is 6.81. The number of alkyl halides is 3. The molecule has 0 saturated carbocycles. The molecule has 0 aliphatic carbocycles. The zero-order valence-corrected chi connectivity index (χ0v) is 10.1. The maximum absolute atomic E-state index is 11.8. The van der Waals surface area contributed by atoms with Crippen LogP contribution in [-0.2, 0) is 4.79 Å². The zero-order chi connectivity index (χ0) is 12.2. The molecule has 0 bridgehead atoms. The number of rotatable bonds is 3. The van der Waals surface area contributed by atoms with Crippen LogP contribution in [0.2, 0.25) is 0 Å². The molecule has 0 aromatic rings. The van der Waals surface area contributed by atoms with Crippen LogP contribution in [0.25, 0.3) is 0 Å². The molecule has 1 saturated heterocycles. The number of hydrogen-bond donors (Lipinski definition) is 2. The maximum Gasteiger partial charge on any atom is 0.405 e. The van der Waals surface area contributed by atoms with Crippen molar-refractivity contribution in [2.75, 3.05) is 26.2 Å². The van der Waals surface area contributed by atoms with Crippen LogP contribution in [0.3, 0.4) is 0 Å². The molecule has 0 spiro atoms. The molecule has 1 heterocycles. The van der Waals surface area contributed by atoms with E-state index in [1.54, 1.807) is 4.90 Å². The number of likely N-dealkylation sites (tertiary alicyclic amines) is 1. The molecule has 0 aromatic carbocycles. The number of hydrogen-bond acceptors (Lipinski definition) is 3. The second-order valence-electron chi connectivity index (χ2n) is 4.03. The summed E-state index contributed by atoms with van der Waals surface area (Å²) >= 11 is 0. The van der Waals surface area contributed by atoms with Crippen LogP contribution < -0.4 is 11.1 Å². The summed E-state index contributed by atoms with van der Waals surface area (Å²) in [5.41, 5.74) is 5.69. The molecular formula is C9H17ClF3N3O. The van der Waals surface area contributed by atoms with E-state index >= 15 is 0 Å². The van der Waals surface area contributed by atoms with Crippen LogP contribution in [0.4, 0.5) is 13.2 Å². The highest BCUT2D eigenvalue weighted by Gasteiger charge is 2.28. The van der Waals surface area contributed by atoms with E-state index in [4.69, 9.17) is 5.73 Å². The molecule has 102 valence electrons. The molecule has 0 aromatic heterocycles. The third-order valence-electron chi connectivity index (χ3n) is 2.40. The molecule has 1 fully saturated rings. The average molecular weight is 276 g/mol. The van der Waals surface area contributed by atoms with Crippen molar-refractivity contribution in [2.24, 2.45) is 5.73 Å². The van der Waals surface area contributed by atoms with E-state index in [9.17, 15) is 18.0 Å². The Bertz CT molecular complexity index is 250. The van der Waals surface area contributed by atoms with Gasteiger partial charge in [0.15, 0.2) is 0 Å². The van der Waals surface area contributed by atoms with Gasteiger partial charge in [-0.15, -0.1) is 12.4 Å². The zero-order valence-electron chi connectivity index (χ0n) is 9.29. The Labute approximate surface area is 104 Å². The Hall–Kier alpha value is -0.530. The summed E-state index contributed by atoms with van der Waals surface area (Å²) < 4.78 is 35.4. The highest BCUT2D eigenvalue weighted by molar-refractivity contribution is 5.85. The molecule has 4 nitrogen and oxygen atoms in total. The minimum absolute atomic E-state index is 0. The van der Waals surface area contributed by atoms with Crippen LogP contribution in [-0.4, -0.2) is 49.2 Å². The van der Waals surface area contributed by atoms with E-state index < -0.39 is 18.6 Å². The van der Waals surface area contributed by atoms with Crippen LogP contribution in [0.15, 0.2) is 0 Å². The van der Waals surface area contributed by atoms with Crippen molar-refractivity contribution >= 4 is 18.3 Å². The number of nitrogens with one attached hydrogen (secondary N) is 1. The van der Waals surface area contributed by atoms with E-state index in [0.717, 1.165) is 12.8 Å². The molecule has 1 aliphatic rings. The van der Waals surface area contributed by atoms with Crippen molar-refractivity contribution in [1.82, 2.24) is 10.2 Å². The number of carbonyl (C=O) groups excluding carboxylic acids is 1. The van der Waals surface area contributed by atoms with Gasteiger partial charge < -0.3 is 11.1 Å². The molecule has 17 heavy (non-hydrogen) atoms. The molecule has 1 atom stereocenters. The third-order valence-corrected chi connectivity index (χ3v) is 2.40. The van der Waals surface area contributed by atoms with Gasteiger partial charge in [-0.1, -0.05) is 0 Å². The van der Waals surface area contributed by atoms with E-state index in [-0.39, 0.29) is 25.0 Å². The van der Waals surface area contributed by atoms with Crippen molar-refractivity contribution in [3.8, 4) is 0 Å². The van der Waals surface area contributed by atoms with Crippen LogP contribution >= 0.6 is 12.4 Å². The van der Waals surface area contributed by atoms with Crippen molar-refractivity contribution in [1.29, 1.82) is 0 Å². The summed E-state index contributed by atoms with van der Waals surface area (Å²) in [6, 6.07) is 0.0177. The number of amides is 1. The third kappa shape index (κ3) is 7.40. The van der Waals surface area contributed by atoms with Crippen molar-refractivity contribution in [3.63, 3.8) is 0 Å². The molecule has 3 N–H and O–H groups in total. The molecule has 1 aliphatic heterocycles. The van der Waals surface area contributed by atoms with Gasteiger partial charge in [0.25, 0.3) is 0 Å². The molecular weight excluding hydrogens is 259 g/mol. The number of halogens is 4. The minimum Gasteiger partial charge on any atom is -0.346 e. The maximum atomic E-state index is 11.8. The van der Waals surface area contributed by atoms with Crippen LogP contribution in [0.1, 0.15) is 12.8 Å². The topological polar surface area (TPSA) is 58.4 Å². The van der Waals surface area contributed by atoms with Crippen molar-refractivity contribution < 1.29 is 18.0 Å². The van der Waals surface area contributed by atoms with Gasteiger partial charge in [-0.3, -0.25) is 9.69 Å². The lowest BCUT2D eigenvalue weighted by atomic mass is 10.1. The molecule has 1 amide bonds. The molecule has 0 radical (unpaired) electrons. The SMILES string of the molecule is Cl.N[C@@H]1CCCN(CC(=O)NCC(F)(F)F)C1. The van der Waals surface area contributed by atoms with Crippen molar-refractivity contribution in [3.05, 3.63) is 0 Å². The van der Waals surface area contributed by atoms with Crippen LogP contribution in [0, 0.1) is 0 Å². The summed E-state index contributed by atoms with van der Waals surface area (Å²) in [4.78, 5) is 12.9. The van der Waals surface area contributed by atoms with Gasteiger partial charge in [0.1, 0.15) is 6.54 Å². The first-order valence-electron chi connectivity index (χ1n) is 5.18. The average Bonchev–Trinajstić information content (AvgIpc) is 2.14. The molecule has 8 heteroatoms. The number of nitrogens with two attached hydrogens (primary N) is 1. The number of carbonyl (C=O) groups is 1. The standard InChI is InChI=1S/C9H16F3N3O.ClH/c10-9(11,12)6-14-8(16)5-15-3-1-2-7(13)4-15;/h7H,1-6,13H2,(H,14,16);1H/t7-;/m1./s1. The highest BCUT2D eigenvalue weighted by atomic mass is 35.5. The monoisotopic (exact) mass is 275 g/mol. The first-order chi connectivity index (χ1) is 7.37. The van der Waals surface area contributed by atoms with E-state index in [2.05, 4.69) is 0 Å². The fourth-order valence-corrected chi connectivity index (χ4v) is 1.69. The van der Waals surface area contributed by atoms with Gasteiger partial charge in [0.05, 0.1) is 6.54 Å². The van der Waals surface area contributed by atoms with Gasteiger partial charge >= 0.3 is 6.18 Å². The van der Waals surface area contributed by atoms with Crippen LogP contribution in [0.5, 0.6) is 0 Å². The predicted molar refractivity (Wildman–Crippen MR) is 60.0 cm³/mol. The summed E-state index contributed by atoms with van der Waals surface area (Å²) in [5, 5.41) is 1.84. The summed E-state index contributed by atoms with van der Waals surface area (Å²) in [6.45, 7) is 0.00207. The smallest absolute Gasteiger partial charge is 0.346 e. The van der Waals surface area contributed by atoms with Gasteiger partial charge in [-0.05, 0) is 19.4 Å². The number of nitrogens with zero attached hydrogens (tertiary/aromatic N) is 1. The lowest BCUT2D eigenvalue weighted by Gasteiger charge is -2.29. The summed E-state index contributed by atoms with van der Waals surface area (Å²) in [6.07, 6.45) is -2.57. The molecule has 1 rings (SSSR count). The van der Waals surface area contributed by atoms with E-state index in [1.165, 1.54) is 0 Å². The summed E-state index contributed by atoms with van der Waals surface area (Å²) in [7, 11) is 0. The van der Waals surface area contributed by atoms with Crippen molar-refractivity contribution in [2.45, 2.75) is 25.1 Å². The van der Waals surface area contributed by atoms with Gasteiger partial charge in [-0.25, -0.2) is 0 Å². The quantitative estimate of drug-likeness (QED) is 0.789. The normalized spacial score (nSPS) is 21.8. The number of piperidine rings is 1. The predicted octanol–water partition coefficient (Wildman–Crippen LogP) is 0.510. The minimum atomic E-state index is -4.35. The highest BCUT2D eigenvalue weighted by Crippen LogP contribution is 2.12. The first kappa shape index (κ1) is 16.5. The Balaban J connectivity index is 0.00000256. The first-order valence-corrected chi connectivity index (χ1v) is 5.18. The fraction of sp³-hybridized carbons (Fsp3) is 0.889. The van der Waals surface area contributed by atoms with Gasteiger partial charge in [-0.2, -0.15) is 13.2 Å².